The van der Waals surface area contributed by atoms with Crippen LogP contribution in [0.3, 0.4) is 0 Å². The topological polar surface area (TPSA) is 65.6 Å². The van der Waals surface area contributed by atoms with Gasteiger partial charge >= 0.3 is 0 Å². The molecule has 1 fully saturated rings. The summed E-state index contributed by atoms with van der Waals surface area (Å²) in [6.07, 6.45) is 1.89. The van der Waals surface area contributed by atoms with Gasteiger partial charge in [0.15, 0.2) is 0 Å². The third-order valence-corrected chi connectivity index (χ3v) is 4.89. The fourth-order valence-corrected chi connectivity index (χ4v) is 3.41. The van der Waals surface area contributed by atoms with Crippen LogP contribution >= 0.6 is 0 Å². The molecule has 0 unspecified atom stereocenters. The van der Waals surface area contributed by atoms with Crippen LogP contribution in [0.25, 0.3) is 10.9 Å². The molecular weight excluding hydrogens is 328 g/mol. The molecule has 0 aliphatic carbocycles. The van der Waals surface area contributed by atoms with E-state index in [-0.39, 0.29) is 17.8 Å². The van der Waals surface area contributed by atoms with Crippen molar-refractivity contribution in [1.29, 1.82) is 0 Å². The summed E-state index contributed by atoms with van der Waals surface area (Å²) in [6.45, 7) is 2.00. The molecule has 0 bridgehead atoms. The molecule has 1 aliphatic heterocycles. The van der Waals surface area contributed by atoms with E-state index in [1.165, 1.54) is 5.56 Å². The monoisotopic (exact) mass is 350 g/mol. The van der Waals surface area contributed by atoms with Crippen molar-refractivity contribution in [2.75, 3.05) is 13.1 Å². The maximum Gasteiger partial charge on any atom is 0.270 e. The first-order chi connectivity index (χ1) is 12.7. The normalized spacial score (nSPS) is 15.5. The SMILES string of the molecule is O=C(c1cc2ccc(O)cc2[nH]1)N1CCC(OCc2ccccc2)CC1. The van der Waals surface area contributed by atoms with Crippen molar-refractivity contribution >= 4 is 16.8 Å². The van der Waals surface area contributed by atoms with Gasteiger partial charge < -0.3 is 19.7 Å². The summed E-state index contributed by atoms with van der Waals surface area (Å²) in [4.78, 5) is 17.7. The zero-order chi connectivity index (χ0) is 17.9. The molecule has 0 radical (unpaired) electrons. The van der Waals surface area contributed by atoms with E-state index in [9.17, 15) is 9.90 Å². The molecule has 0 saturated carbocycles. The van der Waals surface area contributed by atoms with E-state index >= 15 is 0 Å². The standard InChI is InChI=1S/C21H22N2O3/c24-17-7-6-16-12-20(22-19(16)13-17)21(25)23-10-8-18(9-11-23)26-14-15-4-2-1-3-5-15/h1-7,12-13,18,22,24H,8-11,14H2. The number of benzene rings is 2. The molecule has 0 atom stereocenters. The number of aromatic nitrogens is 1. The third-order valence-electron chi connectivity index (χ3n) is 4.89. The van der Waals surface area contributed by atoms with Crippen LogP contribution in [0, 0.1) is 0 Å². The summed E-state index contributed by atoms with van der Waals surface area (Å²) in [5.41, 5.74) is 2.51. The Morgan fingerprint density at radius 2 is 1.88 bits per heavy atom. The minimum absolute atomic E-state index is 0.00204. The first kappa shape index (κ1) is 16.7. The molecule has 1 saturated heterocycles. The van der Waals surface area contributed by atoms with Crippen LogP contribution in [0.1, 0.15) is 28.9 Å². The van der Waals surface area contributed by atoms with Crippen molar-refractivity contribution in [3.8, 4) is 5.75 Å². The van der Waals surface area contributed by atoms with E-state index in [1.807, 2.05) is 35.2 Å². The molecule has 134 valence electrons. The Hall–Kier alpha value is -2.79. The van der Waals surface area contributed by atoms with Gasteiger partial charge in [0.2, 0.25) is 0 Å². The summed E-state index contributed by atoms with van der Waals surface area (Å²) < 4.78 is 5.99. The largest absolute Gasteiger partial charge is 0.508 e. The molecular formula is C21H22N2O3. The number of amides is 1. The second-order valence-corrected chi connectivity index (χ2v) is 6.74. The predicted octanol–water partition coefficient (Wildman–Crippen LogP) is 3.69. The van der Waals surface area contributed by atoms with Crippen molar-refractivity contribution < 1.29 is 14.6 Å². The molecule has 3 aromatic rings. The lowest BCUT2D eigenvalue weighted by Crippen LogP contribution is -2.41. The quantitative estimate of drug-likeness (QED) is 0.754. The Labute approximate surface area is 152 Å². The number of phenolic OH excluding ortho intramolecular Hbond substituents is 1. The number of hydrogen-bond donors (Lipinski definition) is 2. The highest BCUT2D eigenvalue weighted by Gasteiger charge is 2.25. The van der Waals surface area contributed by atoms with E-state index in [0.717, 1.165) is 23.7 Å². The van der Waals surface area contributed by atoms with Crippen LogP contribution in [0.4, 0.5) is 0 Å². The van der Waals surface area contributed by atoms with Gasteiger partial charge in [0.25, 0.3) is 5.91 Å². The van der Waals surface area contributed by atoms with Gasteiger partial charge in [-0.2, -0.15) is 0 Å². The number of phenols is 1. The van der Waals surface area contributed by atoms with Crippen molar-refractivity contribution in [3.63, 3.8) is 0 Å². The van der Waals surface area contributed by atoms with Gasteiger partial charge in [0, 0.05) is 30.1 Å². The highest BCUT2D eigenvalue weighted by molar-refractivity contribution is 5.98. The minimum Gasteiger partial charge on any atom is -0.508 e. The number of piperidine rings is 1. The van der Waals surface area contributed by atoms with Gasteiger partial charge in [-0.1, -0.05) is 30.3 Å². The lowest BCUT2D eigenvalue weighted by molar-refractivity contribution is -0.000489. The number of nitrogens with one attached hydrogen (secondary N) is 1. The van der Waals surface area contributed by atoms with Crippen LogP contribution < -0.4 is 0 Å². The Balaban J connectivity index is 1.34. The lowest BCUT2D eigenvalue weighted by Gasteiger charge is -2.31. The second kappa shape index (κ2) is 7.22. The Kier molecular flexibility index (Phi) is 4.63. The number of hydrogen-bond acceptors (Lipinski definition) is 3. The van der Waals surface area contributed by atoms with E-state index in [2.05, 4.69) is 17.1 Å². The number of rotatable bonds is 4. The van der Waals surface area contributed by atoms with Crippen LogP contribution in [0.15, 0.2) is 54.6 Å². The van der Waals surface area contributed by atoms with Crippen molar-refractivity contribution in [1.82, 2.24) is 9.88 Å². The van der Waals surface area contributed by atoms with Crippen molar-refractivity contribution in [3.05, 3.63) is 65.9 Å². The number of carbonyl (C=O) groups excluding carboxylic acids is 1. The number of aromatic amines is 1. The number of ether oxygens (including phenoxy) is 1. The van der Waals surface area contributed by atoms with Crippen LogP contribution in [-0.4, -0.2) is 40.1 Å². The number of carbonyl (C=O) groups is 1. The van der Waals surface area contributed by atoms with Gasteiger partial charge in [0.05, 0.1) is 12.7 Å². The molecule has 1 aliphatic rings. The summed E-state index contributed by atoms with van der Waals surface area (Å²) in [6, 6.07) is 17.1. The smallest absolute Gasteiger partial charge is 0.270 e. The fraction of sp³-hybridized carbons (Fsp3) is 0.286. The molecule has 26 heavy (non-hydrogen) atoms. The Bertz CT molecular complexity index is 896. The Morgan fingerprint density at radius 1 is 1.12 bits per heavy atom. The summed E-state index contributed by atoms with van der Waals surface area (Å²) in [5, 5.41) is 10.5. The number of aromatic hydroxyl groups is 1. The molecule has 2 aromatic carbocycles. The first-order valence-corrected chi connectivity index (χ1v) is 8.95. The second-order valence-electron chi connectivity index (χ2n) is 6.74. The first-order valence-electron chi connectivity index (χ1n) is 8.95. The molecule has 1 aromatic heterocycles. The van der Waals surface area contributed by atoms with Crippen molar-refractivity contribution in [2.45, 2.75) is 25.6 Å². The highest BCUT2D eigenvalue weighted by Crippen LogP contribution is 2.23. The zero-order valence-corrected chi connectivity index (χ0v) is 14.5. The molecule has 2 heterocycles. The molecule has 0 spiro atoms. The van der Waals surface area contributed by atoms with Gasteiger partial charge in [-0.3, -0.25) is 4.79 Å². The fourth-order valence-electron chi connectivity index (χ4n) is 3.41. The van der Waals surface area contributed by atoms with E-state index in [0.29, 0.717) is 25.4 Å². The molecule has 5 heteroatoms. The van der Waals surface area contributed by atoms with Gasteiger partial charge in [0.1, 0.15) is 11.4 Å². The average molecular weight is 350 g/mol. The average Bonchev–Trinajstić information content (AvgIpc) is 3.10. The maximum atomic E-state index is 12.7. The molecule has 1 amide bonds. The van der Waals surface area contributed by atoms with E-state index in [1.54, 1.807) is 12.1 Å². The molecule has 4 rings (SSSR count). The molecule has 5 nitrogen and oxygen atoms in total. The van der Waals surface area contributed by atoms with Crippen LogP contribution in [0.5, 0.6) is 5.75 Å². The van der Waals surface area contributed by atoms with E-state index in [4.69, 9.17) is 4.74 Å². The number of likely N-dealkylation sites (tertiary alicyclic amines) is 1. The van der Waals surface area contributed by atoms with Crippen LogP contribution in [-0.2, 0) is 11.3 Å². The zero-order valence-electron chi connectivity index (χ0n) is 14.5. The molecule has 2 N–H and O–H groups in total. The van der Waals surface area contributed by atoms with E-state index < -0.39 is 0 Å². The predicted molar refractivity (Wildman–Crippen MR) is 100 cm³/mol. The summed E-state index contributed by atoms with van der Waals surface area (Å²) >= 11 is 0. The van der Waals surface area contributed by atoms with Gasteiger partial charge in [-0.15, -0.1) is 0 Å². The van der Waals surface area contributed by atoms with Crippen molar-refractivity contribution in [2.24, 2.45) is 0 Å². The minimum atomic E-state index is 0.00204. The summed E-state index contributed by atoms with van der Waals surface area (Å²) in [7, 11) is 0. The highest BCUT2D eigenvalue weighted by atomic mass is 16.5. The van der Waals surface area contributed by atoms with Crippen LogP contribution in [0.2, 0.25) is 0 Å². The third kappa shape index (κ3) is 3.58. The number of fused-ring (bicyclic) bond motifs is 1. The Morgan fingerprint density at radius 3 is 2.65 bits per heavy atom. The van der Waals surface area contributed by atoms with Gasteiger partial charge in [-0.05, 0) is 36.6 Å². The van der Waals surface area contributed by atoms with Gasteiger partial charge in [-0.25, -0.2) is 0 Å². The summed E-state index contributed by atoms with van der Waals surface area (Å²) in [5.74, 6) is 0.192. The number of H-pyrrole nitrogens is 1. The lowest BCUT2D eigenvalue weighted by atomic mass is 10.1. The number of nitrogens with zero attached hydrogens (tertiary/aromatic N) is 1. The maximum absolute atomic E-state index is 12.7.